The Morgan fingerprint density at radius 2 is 0.843 bits per heavy atom. The average molecular weight is 649 g/mol. The highest BCUT2D eigenvalue weighted by Crippen LogP contribution is 2.46. The van der Waals surface area contributed by atoms with Gasteiger partial charge in [-0.3, -0.25) is 0 Å². The van der Waals surface area contributed by atoms with Crippen molar-refractivity contribution >= 4 is 64.9 Å². The molecule has 4 nitrogen and oxygen atoms in total. The smallest absolute Gasteiger partial charge is 0.164 e. The van der Waals surface area contributed by atoms with Crippen LogP contribution in [0.3, 0.4) is 0 Å². The Labute approximate surface area is 293 Å². The fraction of sp³-hybridized carbons (Fsp3) is 0. The summed E-state index contributed by atoms with van der Waals surface area (Å²) in [4.78, 5) is 15.1. The second-order valence-electron chi connectivity index (χ2n) is 13.2. The van der Waals surface area contributed by atoms with E-state index in [1.165, 1.54) is 54.1 Å². The molecular weight excluding hydrogens is 621 g/mol. The molecule has 0 unspecified atom stereocenters. The minimum atomic E-state index is 0.650. The van der Waals surface area contributed by atoms with Crippen LogP contribution in [0.15, 0.2) is 170 Å². The maximum atomic E-state index is 5.09. The minimum absolute atomic E-state index is 0.650. The predicted molar refractivity (Wildman–Crippen MR) is 212 cm³/mol. The monoisotopic (exact) mass is 648 g/mol. The fourth-order valence-corrected chi connectivity index (χ4v) is 8.19. The van der Waals surface area contributed by atoms with E-state index in [0.29, 0.717) is 17.5 Å². The SMILES string of the molecule is c1ccc(-c2nc(-c3ccccc3)nc(-c3ccc(-n4c5cccc6c7ccc8ccccc8c7c7cccc4c7c65)c4ccccc34)n2)cc1. The van der Waals surface area contributed by atoms with E-state index in [1.807, 2.05) is 60.7 Å². The molecule has 9 aromatic carbocycles. The van der Waals surface area contributed by atoms with Crippen molar-refractivity contribution in [1.29, 1.82) is 0 Å². The van der Waals surface area contributed by atoms with Crippen LogP contribution >= 0.6 is 0 Å². The molecular formula is C47H28N4. The second-order valence-corrected chi connectivity index (χ2v) is 13.2. The lowest BCUT2D eigenvalue weighted by Gasteiger charge is -2.15. The summed E-state index contributed by atoms with van der Waals surface area (Å²) in [6, 6.07) is 60.2. The van der Waals surface area contributed by atoms with Crippen LogP contribution < -0.4 is 0 Å². The van der Waals surface area contributed by atoms with E-state index in [9.17, 15) is 0 Å². The molecule has 0 aliphatic heterocycles. The van der Waals surface area contributed by atoms with Crippen molar-refractivity contribution in [1.82, 2.24) is 19.5 Å². The minimum Gasteiger partial charge on any atom is -0.309 e. The van der Waals surface area contributed by atoms with Crippen molar-refractivity contribution in [2.45, 2.75) is 0 Å². The number of benzene rings is 9. The Hall–Kier alpha value is -6.91. The number of aromatic nitrogens is 4. The van der Waals surface area contributed by atoms with Crippen molar-refractivity contribution in [3.05, 3.63) is 170 Å². The lowest BCUT2D eigenvalue weighted by atomic mass is 9.91. The van der Waals surface area contributed by atoms with Crippen LogP contribution in [0.4, 0.5) is 0 Å². The van der Waals surface area contributed by atoms with Gasteiger partial charge in [-0.25, -0.2) is 15.0 Å². The molecule has 236 valence electrons. The van der Waals surface area contributed by atoms with Gasteiger partial charge in [-0.2, -0.15) is 0 Å². The molecule has 0 N–H and O–H groups in total. The third-order valence-electron chi connectivity index (χ3n) is 10.4. The first-order valence-corrected chi connectivity index (χ1v) is 17.3. The van der Waals surface area contributed by atoms with Crippen molar-refractivity contribution < 1.29 is 0 Å². The Morgan fingerprint density at radius 3 is 1.55 bits per heavy atom. The summed E-state index contributed by atoms with van der Waals surface area (Å²) in [7, 11) is 0. The number of nitrogens with zero attached hydrogens (tertiary/aromatic N) is 4. The molecule has 0 saturated carbocycles. The van der Waals surface area contributed by atoms with E-state index in [-0.39, 0.29) is 0 Å². The summed E-state index contributed by atoms with van der Waals surface area (Å²) >= 11 is 0. The standard InChI is InChI=1S/C47H28N4/c1-3-14-30(15-4-1)45-48-46(31-16-5-2-6-17-31)50-47(49-45)37-27-28-39(34-20-10-9-19-33(34)37)51-40-23-11-21-35-36-26-25-29-13-7-8-18-32(29)42(36)38-22-12-24-41(51)44(38)43(35)40/h1-28H. The van der Waals surface area contributed by atoms with E-state index in [0.717, 1.165) is 33.2 Å². The second kappa shape index (κ2) is 10.8. The van der Waals surface area contributed by atoms with Crippen LogP contribution in [-0.2, 0) is 0 Å². The number of fused-ring (bicyclic) bond motifs is 6. The Bertz CT molecular complexity index is 3070. The zero-order valence-corrected chi connectivity index (χ0v) is 27.5. The molecule has 2 aromatic heterocycles. The van der Waals surface area contributed by atoms with E-state index in [2.05, 4.69) is 114 Å². The van der Waals surface area contributed by atoms with Crippen LogP contribution in [0.2, 0.25) is 0 Å². The topological polar surface area (TPSA) is 43.6 Å². The van der Waals surface area contributed by atoms with Gasteiger partial charge in [0.25, 0.3) is 0 Å². The number of hydrogen-bond donors (Lipinski definition) is 0. The molecule has 0 radical (unpaired) electrons. The molecule has 0 fully saturated rings. The molecule has 0 spiro atoms. The molecule has 0 saturated heterocycles. The highest BCUT2D eigenvalue weighted by molar-refractivity contribution is 6.38. The molecule has 0 aliphatic rings. The molecule has 4 heteroatoms. The summed E-state index contributed by atoms with van der Waals surface area (Å²) in [5.74, 6) is 1.96. The molecule has 0 amide bonds. The molecule has 0 atom stereocenters. The normalized spacial score (nSPS) is 11.9. The third-order valence-corrected chi connectivity index (χ3v) is 10.4. The zero-order valence-electron chi connectivity index (χ0n) is 27.5. The van der Waals surface area contributed by atoms with Gasteiger partial charge >= 0.3 is 0 Å². The third kappa shape index (κ3) is 4.11. The largest absolute Gasteiger partial charge is 0.309 e. The van der Waals surface area contributed by atoms with E-state index < -0.39 is 0 Å². The lowest BCUT2D eigenvalue weighted by Crippen LogP contribution is -2.01. The van der Waals surface area contributed by atoms with Crippen LogP contribution in [0.1, 0.15) is 0 Å². The van der Waals surface area contributed by atoms with Crippen molar-refractivity contribution in [2.75, 3.05) is 0 Å². The van der Waals surface area contributed by atoms with Gasteiger partial charge in [0, 0.05) is 32.8 Å². The summed E-state index contributed by atoms with van der Waals surface area (Å²) in [5.41, 5.74) is 6.40. The number of rotatable bonds is 4. The lowest BCUT2D eigenvalue weighted by molar-refractivity contribution is 1.08. The van der Waals surface area contributed by atoms with Gasteiger partial charge < -0.3 is 4.57 Å². The van der Waals surface area contributed by atoms with E-state index in [4.69, 9.17) is 15.0 Å². The summed E-state index contributed by atoms with van der Waals surface area (Å²) in [6.45, 7) is 0. The zero-order chi connectivity index (χ0) is 33.5. The van der Waals surface area contributed by atoms with Gasteiger partial charge in [0.2, 0.25) is 0 Å². The first kappa shape index (κ1) is 28.0. The number of hydrogen-bond acceptors (Lipinski definition) is 3. The Morgan fingerprint density at radius 1 is 0.314 bits per heavy atom. The van der Waals surface area contributed by atoms with Crippen LogP contribution in [-0.4, -0.2) is 19.5 Å². The summed E-state index contributed by atoms with van der Waals surface area (Å²) in [6.07, 6.45) is 0. The van der Waals surface area contributed by atoms with Gasteiger partial charge in [-0.05, 0) is 62.0 Å². The summed E-state index contributed by atoms with van der Waals surface area (Å²) in [5, 5.41) is 12.5. The first-order valence-electron chi connectivity index (χ1n) is 17.3. The molecule has 51 heavy (non-hydrogen) atoms. The van der Waals surface area contributed by atoms with Gasteiger partial charge in [-0.15, -0.1) is 0 Å². The van der Waals surface area contributed by atoms with Crippen LogP contribution in [0, 0.1) is 0 Å². The quantitative estimate of drug-likeness (QED) is 0.178. The fourth-order valence-electron chi connectivity index (χ4n) is 8.19. The first-order chi connectivity index (χ1) is 25.3. The van der Waals surface area contributed by atoms with Crippen LogP contribution in [0.5, 0.6) is 0 Å². The average Bonchev–Trinajstić information content (AvgIpc) is 3.55. The molecule has 0 aliphatic carbocycles. The molecule has 0 bridgehead atoms. The van der Waals surface area contributed by atoms with Gasteiger partial charge in [0.15, 0.2) is 17.5 Å². The van der Waals surface area contributed by atoms with Crippen molar-refractivity contribution in [2.24, 2.45) is 0 Å². The van der Waals surface area contributed by atoms with E-state index >= 15 is 0 Å². The van der Waals surface area contributed by atoms with Gasteiger partial charge in [0.1, 0.15) is 0 Å². The molecule has 11 rings (SSSR count). The van der Waals surface area contributed by atoms with Gasteiger partial charge in [0.05, 0.1) is 16.7 Å². The molecule has 11 aromatic rings. The van der Waals surface area contributed by atoms with Crippen molar-refractivity contribution in [3.8, 4) is 39.9 Å². The highest BCUT2D eigenvalue weighted by Gasteiger charge is 2.22. The maximum absolute atomic E-state index is 5.09. The summed E-state index contributed by atoms with van der Waals surface area (Å²) < 4.78 is 2.45. The maximum Gasteiger partial charge on any atom is 0.164 e. The van der Waals surface area contributed by atoms with E-state index in [1.54, 1.807) is 0 Å². The Kier molecular flexibility index (Phi) is 5.92. The van der Waals surface area contributed by atoms with Crippen LogP contribution in [0.25, 0.3) is 105 Å². The predicted octanol–water partition coefficient (Wildman–Crippen LogP) is 12.0. The highest BCUT2D eigenvalue weighted by atomic mass is 15.0. The van der Waals surface area contributed by atoms with Crippen molar-refractivity contribution in [3.63, 3.8) is 0 Å². The Balaban J connectivity index is 1.20. The molecule has 2 heterocycles. The van der Waals surface area contributed by atoms with Gasteiger partial charge in [-0.1, -0.05) is 146 Å².